The molecule has 0 aliphatic heterocycles. The number of hydrogen-bond acceptors (Lipinski definition) is 3. The molecule has 0 unspecified atom stereocenters. The van der Waals surface area contributed by atoms with E-state index in [2.05, 4.69) is 11.6 Å². The Hall–Kier alpha value is -0.170. The quantitative estimate of drug-likeness (QED) is 0.630. The molecule has 1 aliphatic carbocycles. The van der Waals surface area contributed by atoms with Gasteiger partial charge in [0.25, 0.3) is 0 Å². The summed E-state index contributed by atoms with van der Waals surface area (Å²) < 4.78 is 14.3. The van der Waals surface area contributed by atoms with Crippen molar-refractivity contribution in [2.75, 3.05) is 23.9 Å². The second-order valence-corrected chi connectivity index (χ2v) is 6.88. The van der Waals surface area contributed by atoms with Gasteiger partial charge in [-0.3, -0.25) is 0 Å². The molecule has 3 N–H and O–H groups in total. The first kappa shape index (κ1) is 13.3. The topological polar surface area (TPSA) is 38.0 Å². The summed E-state index contributed by atoms with van der Waals surface area (Å²) in [6.45, 7) is 0.860. The van der Waals surface area contributed by atoms with Gasteiger partial charge in [0, 0.05) is 17.4 Å². The van der Waals surface area contributed by atoms with Crippen LogP contribution < -0.4 is 11.1 Å². The van der Waals surface area contributed by atoms with Crippen LogP contribution in [0, 0.1) is 9.39 Å². The first-order valence-corrected chi connectivity index (χ1v) is 7.90. The molecule has 1 saturated carbocycles. The van der Waals surface area contributed by atoms with E-state index in [0.29, 0.717) is 19.7 Å². The Balaban J connectivity index is 2.06. The van der Waals surface area contributed by atoms with Crippen LogP contribution in [0.4, 0.5) is 15.8 Å². The summed E-state index contributed by atoms with van der Waals surface area (Å²) in [5.74, 6) is -0.214. The molecule has 0 radical (unpaired) electrons. The Labute approximate surface area is 119 Å². The van der Waals surface area contributed by atoms with E-state index in [4.69, 9.17) is 5.73 Å². The molecule has 0 spiro atoms. The van der Waals surface area contributed by atoms with Crippen LogP contribution >= 0.6 is 34.4 Å². The molecule has 0 aromatic heterocycles. The molecule has 1 aromatic rings. The Morgan fingerprint density at radius 3 is 2.76 bits per heavy atom. The zero-order valence-electron chi connectivity index (χ0n) is 9.72. The number of benzene rings is 1. The first-order valence-electron chi connectivity index (χ1n) is 5.60. The average molecular weight is 366 g/mol. The van der Waals surface area contributed by atoms with Crippen LogP contribution in [0.2, 0.25) is 0 Å². The molecule has 2 nitrogen and oxygen atoms in total. The van der Waals surface area contributed by atoms with E-state index in [9.17, 15) is 4.39 Å². The minimum atomic E-state index is -0.214. The summed E-state index contributed by atoms with van der Waals surface area (Å²) in [7, 11) is 0. The number of anilines is 2. The summed E-state index contributed by atoms with van der Waals surface area (Å²) in [6, 6.07) is 3.16. The van der Waals surface area contributed by atoms with E-state index >= 15 is 0 Å². The number of halogens is 2. The predicted molar refractivity (Wildman–Crippen MR) is 82.1 cm³/mol. The van der Waals surface area contributed by atoms with Gasteiger partial charge in [0.05, 0.1) is 14.9 Å². The van der Waals surface area contributed by atoms with Gasteiger partial charge in [0.2, 0.25) is 0 Å². The monoisotopic (exact) mass is 366 g/mol. The van der Waals surface area contributed by atoms with Crippen LogP contribution in [0.15, 0.2) is 12.1 Å². The van der Waals surface area contributed by atoms with Gasteiger partial charge in [-0.05, 0) is 47.8 Å². The molecule has 0 atom stereocenters. The van der Waals surface area contributed by atoms with Gasteiger partial charge in [-0.2, -0.15) is 11.8 Å². The van der Waals surface area contributed by atoms with Crippen molar-refractivity contribution in [3.63, 3.8) is 0 Å². The SMILES string of the molecule is CSC1(CNc2cc(F)c(I)cc2N)CCC1. The Morgan fingerprint density at radius 2 is 2.24 bits per heavy atom. The van der Waals surface area contributed by atoms with E-state index in [1.54, 1.807) is 6.07 Å². The highest BCUT2D eigenvalue weighted by atomic mass is 127. The number of nitrogens with one attached hydrogen (secondary N) is 1. The predicted octanol–water partition coefficient (Wildman–Crippen LogP) is 3.71. The Kier molecular flexibility index (Phi) is 4.07. The normalized spacial score (nSPS) is 17.6. The molecular formula is C12H16FIN2S. The van der Waals surface area contributed by atoms with Crippen molar-refractivity contribution in [2.45, 2.75) is 24.0 Å². The van der Waals surface area contributed by atoms with Crippen LogP contribution in [-0.2, 0) is 0 Å². The van der Waals surface area contributed by atoms with E-state index in [1.807, 2.05) is 34.4 Å². The molecule has 5 heteroatoms. The van der Waals surface area contributed by atoms with E-state index in [1.165, 1.54) is 25.3 Å². The minimum absolute atomic E-state index is 0.214. The molecule has 0 saturated heterocycles. The summed E-state index contributed by atoms with van der Waals surface area (Å²) >= 11 is 3.84. The standard InChI is InChI=1S/C12H16FIN2S/c1-17-12(3-2-4-12)7-16-11-5-8(13)9(14)6-10(11)15/h5-6,16H,2-4,7,15H2,1H3. The summed E-state index contributed by atoms with van der Waals surface area (Å²) in [6.07, 6.45) is 5.89. The fourth-order valence-electron chi connectivity index (χ4n) is 2.00. The fourth-order valence-corrected chi connectivity index (χ4v) is 3.40. The van der Waals surface area contributed by atoms with Crippen LogP contribution in [0.5, 0.6) is 0 Å². The number of thioether (sulfide) groups is 1. The smallest absolute Gasteiger partial charge is 0.138 e. The van der Waals surface area contributed by atoms with Gasteiger partial charge in [0.15, 0.2) is 0 Å². The maximum absolute atomic E-state index is 13.4. The number of nitrogens with two attached hydrogens (primary N) is 1. The summed E-state index contributed by atoms with van der Waals surface area (Å²) in [4.78, 5) is 0. The maximum Gasteiger partial charge on any atom is 0.138 e. The largest absolute Gasteiger partial charge is 0.397 e. The Bertz CT molecular complexity index is 416. The van der Waals surface area contributed by atoms with Crippen molar-refractivity contribution in [3.05, 3.63) is 21.5 Å². The molecule has 94 valence electrons. The van der Waals surface area contributed by atoms with Gasteiger partial charge in [-0.15, -0.1) is 0 Å². The van der Waals surface area contributed by atoms with Crippen LogP contribution in [0.25, 0.3) is 0 Å². The number of hydrogen-bond donors (Lipinski definition) is 2. The van der Waals surface area contributed by atoms with Crippen LogP contribution in [0.1, 0.15) is 19.3 Å². The molecule has 0 amide bonds. The fraction of sp³-hybridized carbons (Fsp3) is 0.500. The number of rotatable bonds is 4. The van der Waals surface area contributed by atoms with Crippen LogP contribution in [-0.4, -0.2) is 17.5 Å². The second-order valence-electron chi connectivity index (χ2n) is 4.45. The lowest BCUT2D eigenvalue weighted by Gasteiger charge is -2.40. The highest BCUT2D eigenvalue weighted by molar-refractivity contribution is 14.1. The van der Waals surface area contributed by atoms with Gasteiger partial charge >= 0.3 is 0 Å². The summed E-state index contributed by atoms with van der Waals surface area (Å²) in [5, 5.41) is 3.29. The van der Waals surface area contributed by atoms with Gasteiger partial charge < -0.3 is 11.1 Å². The van der Waals surface area contributed by atoms with Crippen LogP contribution in [0.3, 0.4) is 0 Å². The van der Waals surface area contributed by atoms with Crippen molar-refractivity contribution in [3.8, 4) is 0 Å². The van der Waals surface area contributed by atoms with E-state index < -0.39 is 0 Å². The molecule has 1 aromatic carbocycles. The summed E-state index contributed by atoms with van der Waals surface area (Å²) in [5.41, 5.74) is 7.21. The molecule has 2 rings (SSSR count). The van der Waals surface area contributed by atoms with Gasteiger partial charge in [0.1, 0.15) is 5.82 Å². The molecule has 1 aliphatic rings. The highest BCUT2D eigenvalue weighted by Gasteiger charge is 2.35. The van der Waals surface area contributed by atoms with Gasteiger partial charge in [-0.1, -0.05) is 6.42 Å². The Morgan fingerprint density at radius 1 is 1.53 bits per heavy atom. The van der Waals surface area contributed by atoms with Gasteiger partial charge in [-0.25, -0.2) is 4.39 Å². The van der Waals surface area contributed by atoms with Crippen molar-refractivity contribution in [1.82, 2.24) is 0 Å². The third-order valence-electron chi connectivity index (χ3n) is 3.39. The molecule has 17 heavy (non-hydrogen) atoms. The van der Waals surface area contributed by atoms with Crippen molar-refractivity contribution < 1.29 is 4.39 Å². The lowest BCUT2D eigenvalue weighted by molar-refractivity contribution is 0.380. The molecular weight excluding hydrogens is 350 g/mol. The zero-order chi connectivity index (χ0) is 12.5. The van der Waals surface area contributed by atoms with E-state index in [0.717, 1.165) is 6.54 Å². The lowest BCUT2D eigenvalue weighted by atomic mass is 9.84. The van der Waals surface area contributed by atoms with E-state index in [-0.39, 0.29) is 5.82 Å². The first-order chi connectivity index (χ1) is 8.06. The average Bonchev–Trinajstić information content (AvgIpc) is 2.24. The minimum Gasteiger partial charge on any atom is -0.397 e. The second kappa shape index (κ2) is 5.22. The highest BCUT2D eigenvalue weighted by Crippen LogP contribution is 2.43. The van der Waals surface area contributed by atoms with Crippen molar-refractivity contribution >= 4 is 45.7 Å². The zero-order valence-corrected chi connectivity index (χ0v) is 12.7. The third-order valence-corrected chi connectivity index (χ3v) is 5.64. The third kappa shape index (κ3) is 2.81. The molecule has 1 fully saturated rings. The maximum atomic E-state index is 13.4. The van der Waals surface area contributed by atoms with Crippen molar-refractivity contribution in [1.29, 1.82) is 0 Å². The molecule has 0 heterocycles. The lowest BCUT2D eigenvalue weighted by Crippen LogP contribution is -2.40. The number of nitrogen functional groups attached to an aromatic ring is 1. The molecule has 0 bridgehead atoms. The van der Waals surface area contributed by atoms with Crippen molar-refractivity contribution in [2.24, 2.45) is 0 Å².